The number of hydrogen-bond donors (Lipinski definition) is 1. The minimum atomic E-state index is -1.61. The molecule has 2 atom stereocenters. The topological polar surface area (TPSA) is 19.1 Å². The number of para-hydroxylation sites is 2. The molecular formula is C49H58N3Si+. The van der Waals surface area contributed by atoms with Crippen LogP contribution in [0.4, 0.5) is 17.1 Å². The fourth-order valence-corrected chi connectivity index (χ4v) is 10.1. The zero-order valence-corrected chi connectivity index (χ0v) is 34.5. The van der Waals surface area contributed by atoms with Crippen molar-refractivity contribution in [2.45, 2.75) is 85.5 Å². The fraction of sp³-hybridized carbons (Fsp3) is 0.286. The molecule has 1 aliphatic heterocycles. The molecule has 0 fully saturated rings. The van der Waals surface area contributed by atoms with Crippen molar-refractivity contribution in [3.63, 3.8) is 0 Å². The van der Waals surface area contributed by atoms with E-state index in [-0.39, 0.29) is 6.04 Å². The lowest BCUT2D eigenvalue weighted by Crippen LogP contribution is -2.53. The number of hydrogen-bond acceptors (Lipinski definition) is 2. The third-order valence-corrected chi connectivity index (χ3v) is 13.2. The second-order valence-electron chi connectivity index (χ2n) is 16.2. The van der Waals surface area contributed by atoms with Crippen molar-refractivity contribution in [1.29, 1.82) is 0 Å². The number of benzene rings is 4. The van der Waals surface area contributed by atoms with Gasteiger partial charge in [0.1, 0.15) is 0 Å². The molecule has 2 heterocycles. The highest BCUT2D eigenvalue weighted by atomic mass is 28.3. The standard InChI is InChI=1S/C49H58N3Si/c1-12-18-33(2)23-25-42-43-27-34(3)24-26-41(43)46-30-35(4)48(53(9,10)11)32-52(46)47(42)31-38(7)51(8)45-22-17-16-21-44(45)50-49-36(5)28-40(29-37(49)6)39-19-14-13-15-20-39/h12-22,24,26-30,32,42,47,50H,2,7,23,25,31H2,1,3-6,8-11H3/q+1/b18-12-. The maximum Gasteiger partial charge on any atom is 0.213 e. The molecular weight excluding hydrogens is 659 g/mol. The number of rotatable bonds is 12. The maximum atomic E-state index is 4.81. The van der Waals surface area contributed by atoms with Gasteiger partial charge in [0.25, 0.3) is 0 Å². The van der Waals surface area contributed by atoms with E-state index in [0.29, 0.717) is 5.92 Å². The van der Waals surface area contributed by atoms with Gasteiger partial charge in [0.15, 0.2) is 12.2 Å². The third kappa shape index (κ3) is 8.04. The first-order valence-electron chi connectivity index (χ1n) is 19.2. The normalized spacial score (nSPS) is 15.2. The summed E-state index contributed by atoms with van der Waals surface area (Å²) in [6.07, 6.45) is 9.60. The minimum absolute atomic E-state index is 0.207. The van der Waals surface area contributed by atoms with Crippen LogP contribution in [0.3, 0.4) is 0 Å². The maximum absolute atomic E-state index is 4.81. The van der Waals surface area contributed by atoms with Crippen molar-refractivity contribution in [2.75, 3.05) is 17.3 Å². The van der Waals surface area contributed by atoms with Crippen LogP contribution in [-0.4, -0.2) is 15.1 Å². The van der Waals surface area contributed by atoms with Crippen molar-refractivity contribution in [3.8, 4) is 22.4 Å². The molecule has 4 aromatic carbocycles. The van der Waals surface area contributed by atoms with Gasteiger partial charge >= 0.3 is 0 Å². The van der Waals surface area contributed by atoms with Gasteiger partial charge in [0.05, 0.1) is 25.9 Å². The highest BCUT2D eigenvalue weighted by Gasteiger charge is 2.42. The zero-order chi connectivity index (χ0) is 38.0. The van der Waals surface area contributed by atoms with Gasteiger partial charge in [-0.1, -0.05) is 111 Å². The number of aryl methyl sites for hydroxylation is 4. The Balaban J connectivity index is 1.37. The summed E-state index contributed by atoms with van der Waals surface area (Å²) < 4.78 is 2.63. The average molecular weight is 717 g/mol. The summed E-state index contributed by atoms with van der Waals surface area (Å²) in [4.78, 5) is 2.31. The molecule has 0 spiro atoms. The van der Waals surface area contributed by atoms with Crippen LogP contribution in [0.25, 0.3) is 22.4 Å². The van der Waals surface area contributed by atoms with Crippen LogP contribution < -0.4 is 20.0 Å². The number of nitrogens with zero attached hydrogens (tertiary/aromatic N) is 2. The molecule has 1 N–H and O–H groups in total. The van der Waals surface area contributed by atoms with Crippen molar-refractivity contribution < 1.29 is 4.57 Å². The molecule has 1 aliphatic rings. The second kappa shape index (κ2) is 15.6. The van der Waals surface area contributed by atoms with E-state index in [1.807, 2.05) is 0 Å². The summed E-state index contributed by atoms with van der Waals surface area (Å²) in [6, 6.07) is 33.6. The number of nitrogens with one attached hydrogen (secondary N) is 1. The molecule has 5 aromatic rings. The Morgan fingerprint density at radius 2 is 1.51 bits per heavy atom. The molecule has 3 nitrogen and oxygen atoms in total. The number of allylic oxidation sites excluding steroid dienone is 4. The molecule has 0 bridgehead atoms. The molecule has 0 saturated heterocycles. The highest BCUT2D eigenvalue weighted by Crippen LogP contribution is 2.45. The van der Waals surface area contributed by atoms with E-state index in [9.17, 15) is 0 Å². The van der Waals surface area contributed by atoms with Crippen molar-refractivity contribution in [1.82, 2.24) is 0 Å². The lowest BCUT2D eigenvalue weighted by molar-refractivity contribution is -0.717. The first-order chi connectivity index (χ1) is 25.3. The van der Waals surface area contributed by atoms with E-state index in [4.69, 9.17) is 6.58 Å². The quantitative estimate of drug-likeness (QED) is 0.0787. The summed E-state index contributed by atoms with van der Waals surface area (Å²) in [7, 11) is 0.567. The van der Waals surface area contributed by atoms with Gasteiger partial charge in [-0.3, -0.25) is 0 Å². The van der Waals surface area contributed by atoms with E-state index in [1.54, 1.807) is 0 Å². The van der Waals surface area contributed by atoms with Gasteiger partial charge in [-0.25, -0.2) is 0 Å². The van der Waals surface area contributed by atoms with Gasteiger partial charge in [0.2, 0.25) is 5.69 Å². The lowest BCUT2D eigenvalue weighted by Gasteiger charge is -2.34. The molecule has 0 amide bonds. The summed E-state index contributed by atoms with van der Waals surface area (Å²) in [5.74, 6) is 0.313. The SMILES string of the molecule is C=C(/C=C\C)CCC1c2cc(C)ccc2-c2cc(C)c([Si](C)(C)C)c[n+]2C1CC(=C)N(C)c1ccccc1Nc1c(C)cc(-c2ccccc2)cc1C. The molecule has 53 heavy (non-hydrogen) atoms. The molecule has 272 valence electrons. The number of fused-ring (bicyclic) bond motifs is 3. The Kier molecular flexibility index (Phi) is 11.1. The van der Waals surface area contributed by atoms with Gasteiger partial charge in [-0.05, 0) is 111 Å². The van der Waals surface area contributed by atoms with Crippen molar-refractivity contribution >= 4 is 30.3 Å². The monoisotopic (exact) mass is 716 g/mol. The largest absolute Gasteiger partial charge is 0.353 e. The van der Waals surface area contributed by atoms with Crippen LogP contribution >= 0.6 is 0 Å². The van der Waals surface area contributed by atoms with E-state index < -0.39 is 8.07 Å². The molecule has 0 saturated carbocycles. The molecule has 1 aromatic heterocycles. The van der Waals surface area contributed by atoms with Crippen LogP contribution in [0, 0.1) is 27.7 Å². The van der Waals surface area contributed by atoms with Gasteiger partial charge in [0, 0.05) is 41.2 Å². The number of pyridine rings is 1. The van der Waals surface area contributed by atoms with Gasteiger partial charge < -0.3 is 10.2 Å². The summed E-state index contributed by atoms with van der Waals surface area (Å²) in [6.45, 7) is 27.6. The lowest BCUT2D eigenvalue weighted by atomic mass is 9.77. The second-order valence-corrected chi connectivity index (χ2v) is 21.2. The molecule has 0 radical (unpaired) electrons. The predicted octanol–water partition coefficient (Wildman–Crippen LogP) is 12.4. The van der Waals surface area contributed by atoms with Crippen LogP contribution in [0.1, 0.15) is 66.0 Å². The molecule has 4 heteroatoms. The first kappa shape index (κ1) is 37.8. The van der Waals surface area contributed by atoms with Gasteiger partial charge in [-0.2, -0.15) is 4.57 Å². The smallest absolute Gasteiger partial charge is 0.213 e. The Morgan fingerprint density at radius 1 is 0.830 bits per heavy atom. The van der Waals surface area contributed by atoms with Crippen LogP contribution in [0.15, 0.2) is 134 Å². The Bertz CT molecular complexity index is 2160. The van der Waals surface area contributed by atoms with E-state index in [1.165, 1.54) is 61.0 Å². The molecule has 0 aliphatic carbocycles. The zero-order valence-electron chi connectivity index (χ0n) is 33.5. The predicted molar refractivity (Wildman–Crippen MR) is 233 cm³/mol. The number of anilines is 3. The van der Waals surface area contributed by atoms with Crippen molar-refractivity contribution in [3.05, 3.63) is 162 Å². The average Bonchev–Trinajstić information content (AvgIpc) is 3.12. The molecule has 6 rings (SSSR count). The Morgan fingerprint density at radius 3 is 2.19 bits per heavy atom. The Labute approximate surface area is 320 Å². The summed E-state index contributed by atoms with van der Waals surface area (Å²) in [5.41, 5.74) is 17.4. The van der Waals surface area contributed by atoms with E-state index >= 15 is 0 Å². The minimum Gasteiger partial charge on any atom is -0.353 e. The third-order valence-electron chi connectivity index (χ3n) is 11.1. The van der Waals surface area contributed by atoms with Gasteiger partial charge in [-0.15, -0.1) is 0 Å². The van der Waals surface area contributed by atoms with Crippen LogP contribution in [0.2, 0.25) is 19.6 Å². The fourth-order valence-electron chi connectivity index (χ4n) is 8.33. The summed E-state index contributed by atoms with van der Waals surface area (Å²) >= 11 is 0. The first-order valence-corrected chi connectivity index (χ1v) is 22.7. The van der Waals surface area contributed by atoms with E-state index in [2.05, 4.69) is 192 Å². The molecule has 2 unspecified atom stereocenters. The van der Waals surface area contributed by atoms with Crippen molar-refractivity contribution in [2.24, 2.45) is 0 Å². The number of aromatic nitrogens is 1. The highest BCUT2D eigenvalue weighted by molar-refractivity contribution is 6.88. The summed E-state index contributed by atoms with van der Waals surface area (Å²) in [5, 5.41) is 5.37. The van der Waals surface area contributed by atoms with E-state index in [0.717, 1.165) is 42.0 Å². The van der Waals surface area contributed by atoms with Crippen LogP contribution in [-0.2, 0) is 0 Å². The Hall–Kier alpha value is -4.93. The van der Waals surface area contributed by atoms with Crippen LogP contribution in [0.5, 0.6) is 0 Å².